The summed E-state index contributed by atoms with van der Waals surface area (Å²) in [5, 5.41) is 26.0. The summed E-state index contributed by atoms with van der Waals surface area (Å²) in [6, 6.07) is 10.9. The van der Waals surface area contributed by atoms with Crippen LogP contribution in [0.15, 0.2) is 48.5 Å². The molecule has 0 saturated carbocycles. The summed E-state index contributed by atoms with van der Waals surface area (Å²) < 4.78 is 59.5. The number of hydrogen-bond acceptors (Lipinski definition) is 9. The Labute approximate surface area is 457 Å². The Morgan fingerprint density at radius 3 is 1.48 bits per heavy atom. The van der Waals surface area contributed by atoms with Gasteiger partial charge in [0, 0.05) is 80.1 Å². The normalized spacial score (nSPS) is 14.5. The number of carbonyl (C=O) groups is 3. The number of aromatic nitrogens is 6. The van der Waals surface area contributed by atoms with E-state index in [2.05, 4.69) is 85.0 Å². The molecule has 0 unspecified atom stereocenters. The molecule has 0 radical (unpaired) electrons. The summed E-state index contributed by atoms with van der Waals surface area (Å²) in [6.45, 7) is 16.3. The average Bonchev–Trinajstić information content (AvgIpc) is 3.93. The molecule has 0 bridgehead atoms. The number of carbonyl (C=O) groups excluding carboxylic acids is 1. The standard InChI is InChI=1S/C27H32ClF2N5O3.C19H19ClF2N4O2.CH3.3HI.V/c1-5-7-34(15(2)3)24-13-21(18-9-19(29)26(28)20(30)10-18)31-23-12-22(32-35(23)24)27(38)33-8-6-17(11-25(36)37)16(4)14-33;1-4-5-25(10(2)3)17-9-14(11-6-12(21)18(20)13(22)7-11)23-16-8-15(19(27)28)24-26(16)17;;;;;/h9-10,12-13,15-17H,5-8,11,14H2,1-4H3,(H,36,37);6-10H,4-5H2,1-3H3,(H,27,28);1H3;3*1H;/q;;-1;;;;+3/p-3/t16-,17-;;;;;;/m0....../s1. The number of piperidine rings is 1. The maximum atomic E-state index is 14.3. The van der Waals surface area contributed by atoms with Crippen molar-refractivity contribution in [2.24, 2.45) is 11.8 Å². The summed E-state index contributed by atoms with van der Waals surface area (Å²) in [6.07, 6.45) is 2.37. The van der Waals surface area contributed by atoms with Crippen molar-refractivity contribution in [1.29, 1.82) is 0 Å². The van der Waals surface area contributed by atoms with E-state index >= 15 is 0 Å². The van der Waals surface area contributed by atoms with Gasteiger partial charge in [0.1, 0.15) is 44.9 Å². The fourth-order valence-electron chi connectivity index (χ4n) is 8.06. The summed E-state index contributed by atoms with van der Waals surface area (Å²) in [7, 11) is 0. The van der Waals surface area contributed by atoms with E-state index in [1.807, 2.05) is 53.4 Å². The third-order valence-electron chi connectivity index (χ3n) is 11.4. The number of likely N-dealkylation sites (tertiary alicyclic amines) is 1. The predicted octanol–water partition coefficient (Wildman–Crippen LogP) is 13.3. The van der Waals surface area contributed by atoms with E-state index in [9.17, 15) is 37.1 Å². The molecule has 1 fully saturated rings. The molecule has 0 aliphatic carbocycles. The molecule has 1 saturated heterocycles. The summed E-state index contributed by atoms with van der Waals surface area (Å²) in [4.78, 5) is 50.5. The minimum atomic E-state index is -1.19. The first kappa shape index (κ1) is 60.3. The fourth-order valence-corrected chi connectivity index (χ4v) is 8.28. The molecule has 386 valence electrons. The van der Waals surface area contributed by atoms with Crippen LogP contribution < -0.4 is 9.80 Å². The Morgan fingerprint density at radius 2 is 1.13 bits per heavy atom. The van der Waals surface area contributed by atoms with Gasteiger partial charge in [-0.2, -0.15) is 19.2 Å². The average molecular weight is 1400 g/mol. The van der Waals surface area contributed by atoms with Gasteiger partial charge in [-0.25, -0.2) is 32.3 Å². The van der Waals surface area contributed by atoms with Crippen LogP contribution >= 0.6 is 83.1 Å². The molecule has 1 amide bonds. The van der Waals surface area contributed by atoms with E-state index in [4.69, 9.17) is 28.3 Å². The van der Waals surface area contributed by atoms with Gasteiger partial charge >= 0.3 is 76.8 Å². The number of aliphatic carboxylic acids is 1. The quantitative estimate of drug-likeness (QED) is 0.0462. The number of fused-ring (bicyclic) bond motifs is 2. The van der Waals surface area contributed by atoms with E-state index in [0.29, 0.717) is 55.6 Å². The van der Waals surface area contributed by atoms with Crippen molar-refractivity contribution in [2.75, 3.05) is 36.0 Å². The van der Waals surface area contributed by atoms with Crippen LogP contribution in [0.3, 0.4) is 0 Å². The number of amides is 1. The molecule has 4 aromatic heterocycles. The maximum absolute atomic E-state index is 14.3. The van der Waals surface area contributed by atoms with E-state index < -0.39 is 45.3 Å². The first-order valence-corrected chi connectivity index (χ1v) is 36.4. The molecular weight excluding hydrogens is 1350 g/mol. The molecule has 71 heavy (non-hydrogen) atoms. The van der Waals surface area contributed by atoms with Crippen molar-refractivity contribution in [3.05, 3.63) is 101 Å². The molecule has 1 aliphatic heterocycles. The Morgan fingerprint density at radius 1 is 0.732 bits per heavy atom. The second-order valence-corrected chi connectivity index (χ2v) is 53.2. The topological polar surface area (TPSA) is 162 Å². The first-order valence-electron chi connectivity index (χ1n) is 22.1. The third kappa shape index (κ3) is 15.2. The van der Waals surface area contributed by atoms with Crippen molar-refractivity contribution < 1.29 is 47.1 Å². The van der Waals surface area contributed by atoms with Crippen LogP contribution in [0.4, 0.5) is 29.2 Å². The second kappa shape index (κ2) is 26.8. The van der Waals surface area contributed by atoms with Gasteiger partial charge in [0.2, 0.25) is 0 Å². The van der Waals surface area contributed by atoms with Crippen LogP contribution in [0.25, 0.3) is 33.8 Å². The van der Waals surface area contributed by atoms with Crippen LogP contribution in [0.2, 0.25) is 10.0 Å². The number of anilines is 2. The first-order chi connectivity index (χ1) is 32.9. The number of carboxylic acids is 2. The van der Waals surface area contributed by atoms with Gasteiger partial charge in [0.25, 0.3) is 5.91 Å². The fraction of sp³-hybridized carbons (Fsp3) is 0.404. The number of aromatic carboxylic acids is 1. The van der Waals surface area contributed by atoms with Crippen LogP contribution in [-0.2, 0) is 9.72 Å². The number of halogens is 9. The van der Waals surface area contributed by atoms with Crippen molar-refractivity contribution in [3.63, 3.8) is 0 Å². The Kier molecular flexibility index (Phi) is 22.8. The molecule has 2 aromatic carbocycles. The van der Waals surface area contributed by atoms with Gasteiger partial charge in [-0.15, -0.1) is 0 Å². The van der Waals surface area contributed by atoms with Gasteiger partial charge in [0.15, 0.2) is 22.7 Å². The van der Waals surface area contributed by atoms with Gasteiger partial charge < -0.3 is 32.3 Å². The van der Waals surface area contributed by atoms with Gasteiger partial charge in [-0.1, -0.05) is 44.0 Å². The summed E-state index contributed by atoms with van der Waals surface area (Å²) in [5.74, 6) is -4.56. The Balaban J connectivity index is 0.000000294. The zero-order chi connectivity index (χ0) is 51.9. The molecule has 2 atom stereocenters. The Bertz CT molecular complexity index is 2810. The molecule has 7 rings (SSSR count). The zero-order valence-corrected chi connectivity index (χ0v) is 49.5. The van der Waals surface area contributed by atoms with E-state index in [1.165, 1.54) is 10.6 Å². The van der Waals surface area contributed by atoms with E-state index in [1.54, 1.807) is 27.6 Å². The summed E-state index contributed by atoms with van der Waals surface area (Å²) >= 11 is 18.7. The predicted molar refractivity (Wildman–Crippen MR) is 293 cm³/mol. The van der Waals surface area contributed by atoms with Crippen molar-refractivity contribution in [2.45, 2.75) is 86.2 Å². The second-order valence-electron chi connectivity index (χ2n) is 17.1. The molecule has 5 heterocycles. The van der Waals surface area contributed by atoms with Crippen LogP contribution in [0.1, 0.15) is 95.1 Å². The number of hydrogen-bond donors (Lipinski definition) is 2. The molecular formula is C47H54Cl2F4I3N9O5V-. The molecule has 2 N–H and O–H groups in total. The molecule has 24 heteroatoms. The summed E-state index contributed by atoms with van der Waals surface area (Å²) in [5.41, 5.74) is 1.70. The third-order valence-corrected chi connectivity index (χ3v) is 12.1. The van der Waals surface area contributed by atoms with Crippen LogP contribution in [0, 0.1) is 42.5 Å². The van der Waals surface area contributed by atoms with Crippen molar-refractivity contribution in [3.8, 4) is 22.5 Å². The van der Waals surface area contributed by atoms with E-state index in [-0.39, 0.29) is 82.5 Å². The number of nitrogens with zero attached hydrogens (tertiary/aromatic N) is 9. The Hall–Kier alpha value is -3.24. The van der Waals surface area contributed by atoms with Gasteiger partial charge in [-0.3, -0.25) is 9.59 Å². The zero-order valence-electron chi connectivity index (χ0n) is 40.1. The number of benzene rings is 2. The van der Waals surface area contributed by atoms with Crippen molar-refractivity contribution >= 4 is 124 Å². The van der Waals surface area contributed by atoms with Crippen LogP contribution in [0.5, 0.6) is 0 Å². The molecule has 14 nitrogen and oxygen atoms in total. The minimum absolute atomic E-state index is 0. The number of carboxylic acid groups (broad SMARTS) is 2. The van der Waals surface area contributed by atoms with Crippen molar-refractivity contribution in [1.82, 2.24) is 34.1 Å². The van der Waals surface area contributed by atoms with E-state index in [0.717, 1.165) is 37.1 Å². The van der Waals surface area contributed by atoms with Gasteiger partial charge in [-0.05, 0) is 83.1 Å². The SMILES string of the molecule is CCCN(c1cc(-c2cc(F)c(Cl)c(F)c2)nc2cc(C(=O)N3CC[C@@H](CC(=O)O)[C@@H](C)C3)nn12)C(C)C.CCCN(c1cc(-c2cc(F)c(Cl)c(F)c2)nc2cc(C(=O)O)nn12)C(C)C.[CH3-].[I][V]([I])[I]. The monoisotopic (exact) mass is 1400 g/mol. The molecule has 0 spiro atoms. The van der Waals surface area contributed by atoms with Gasteiger partial charge in [0.05, 0.1) is 11.4 Å². The molecule has 6 aromatic rings. The number of rotatable bonds is 14. The molecule has 1 aliphatic rings. The van der Waals surface area contributed by atoms with Crippen LogP contribution in [-0.4, -0.2) is 100 Å².